The number of hydrogen-bond donors (Lipinski definition) is 0. The van der Waals surface area contributed by atoms with Crippen LogP contribution in [0.4, 0.5) is 11.4 Å². The molecule has 8 heteroatoms. The highest BCUT2D eigenvalue weighted by Crippen LogP contribution is 2.30. The molecule has 0 aromatic heterocycles. The molecule has 1 aliphatic rings. The van der Waals surface area contributed by atoms with E-state index >= 15 is 0 Å². The third kappa shape index (κ3) is 4.90. The molecule has 0 radical (unpaired) electrons. The van der Waals surface area contributed by atoms with Crippen LogP contribution in [0.1, 0.15) is 21.5 Å². The van der Waals surface area contributed by atoms with Crippen LogP contribution in [0.2, 0.25) is 0 Å². The Bertz CT molecular complexity index is 1210. The number of nitro groups is 1. The van der Waals surface area contributed by atoms with Crippen molar-refractivity contribution in [1.29, 1.82) is 0 Å². The van der Waals surface area contributed by atoms with E-state index in [0.717, 1.165) is 12.1 Å². The Balaban J connectivity index is 1.46. The summed E-state index contributed by atoms with van der Waals surface area (Å²) in [4.78, 5) is 40.9. The van der Waals surface area contributed by atoms with Gasteiger partial charge in [-0.15, -0.1) is 11.8 Å². The highest BCUT2D eigenvalue weighted by molar-refractivity contribution is 8.00. The van der Waals surface area contributed by atoms with E-state index < -0.39 is 4.92 Å². The molecule has 0 saturated carbocycles. The number of rotatable bonds is 7. The minimum absolute atomic E-state index is 0.000432. The summed E-state index contributed by atoms with van der Waals surface area (Å²) in [6, 6.07) is 21.4. The minimum Gasteiger partial charge on any atom is -0.337 e. The lowest BCUT2D eigenvalue weighted by molar-refractivity contribution is -0.385. The van der Waals surface area contributed by atoms with Gasteiger partial charge in [-0.2, -0.15) is 0 Å². The molecule has 0 aliphatic carbocycles. The van der Waals surface area contributed by atoms with Gasteiger partial charge < -0.3 is 9.80 Å². The van der Waals surface area contributed by atoms with E-state index in [1.54, 1.807) is 42.3 Å². The smallest absolute Gasteiger partial charge is 0.274 e. The first-order valence-corrected chi connectivity index (χ1v) is 11.5. The largest absolute Gasteiger partial charge is 0.337 e. The molecule has 0 unspecified atom stereocenters. The number of para-hydroxylation sites is 2. The maximum Gasteiger partial charge on any atom is 0.274 e. The normalized spacial score (nSPS) is 12.3. The van der Waals surface area contributed by atoms with Gasteiger partial charge in [0.1, 0.15) is 0 Å². The SMILES string of the molecule is CN(Cc1ccccc1[N+](=O)[O-])C(=O)c1ccccc1SCC(=O)N1CCc2ccccc21. The van der Waals surface area contributed by atoms with Gasteiger partial charge in [0.15, 0.2) is 0 Å². The fourth-order valence-corrected chi connectivity index (χ4v) is 4.86. The molecule has 0 bridgehead atoms. The average molecular weight is 462 g/mol. The maximum atomic E-state index is 13.2. The molecule has 0 N–H and O–H groups in total. The van der Waals surface area contributed by atoms with Crippen molar-refractivity contribution in [3.63, 3.8) is 0 Å². The zero-order valence-electron chi connectivity index (χ0n) is 18.1. The van der Waals surface area contributed by atoms with E-state index in [9.17, 15) is 19.7 Å². The maximum absolute atomic E-state index is 13.2. The van der Waals surface area contributed by atoms with Crippen molar-refractivity contribution < 1.29 is 14.5 Å². The topological polar surface area (TPSA) is 83.8 Å². The molecule has 0 atom stereocenters. The lowest BCUT2D eigenvalue weighted by Crippen LogP contribution is -2.30. The molecule has 1 aliphatic heterocycles. The van der Waals surface area contributed by atoms with Gasteiger partial charge in [-0.25, -0.2) is 0 Å². The Morgan fingerprint density at radius 3 is 2.55 bits per heavy atom. The molecule has 3 aromatic carbocycles. The summed E-state index contributed by atoms with van der Waals surface area (Å²) in [6.07, 6.45) is 0.845. The molecule has 2 amide bonds. The van der Waals surface area contributed by atoms with Gasteiger partial charge in [-0.3, -0.25) is 19.7 Å². The molecule has 0 fully saturated rings. The highest BCUT2D eigenvalue weighted by atomic mass is 32.2. The number of carbonyl (C=O) groups is 2. The van der Waals surface area contributed by atoms with E-state index in [1.807, 2.05) is 36.4 Å². The Kier molecular flexibility index (Phi) is 6.74. The van der Waals surface area contributed by atoms with Crippen molar-refractivity contribution in [1.82, 2.24) is 4.90 Å². The van der Waals surface area contributed by atoms with Crippen LogP contribution in [-0.4, -0.2) is 41.0 Å². The predicted molar refractivity (Wildman–Crippen MR) is 129 cm³/mol. The second-order valence-electron chi connectivity index (χ2n) is 7.76. The first-order chi connectivity index (χ1) is 16.0. The average Bonchev–Trinajstić information content (AvgIpc) is 3.27. The number of nitrogens with zero attached hydrogens (tertiary/aromatic N) is 3. The Morgan fingerprint density at radius 1 is 1.03 bits per heavy atom. The van der Waals surface area contributed by atoms with Crippen LogP contribution < -0.4 is 4.90 Å². The van der Waals surface area contributed by atoms with Gasteiger partial charge in [0.2, 0.25) is 5.91 Å². The van der Waals surface area contributed by atoms with E-state index in [0.29, 0.717) is 22.6 Å². The number of carbonyl (C=O) groups excluding carboxylic acids is 2. The summed E-state index contributed by atoms with van der Waals surface area (Å²) >= 11 is 1.33. The van der Waals surface area contributed by atoms with Crippen molar-refractivity contribution in [2.75, 3.05) is 24.2 Å². The molecule has 3 aromatic rings. The van der Waals surface area contributed by atoms with Gasteiger partial charge >= 0.3 is 0 Å². The summed E-state index contributed by atoms with van der Waals surface area (Å²) in [6.45, 7) is 0.774. The van der Waals surface area contributed by atoms with Crippen LogP contribution in [-0.2, 0) is 17.8 Å². The zero-order valence-corrected chi connectivity index (χ0v) is 19.0. The number of benzene rings is 3. The standard InChI is InChI=1S/C25H23N3O4S/c1-26(16-19-9-3-6-12-22(19)28(31)32)25(30)20-10-4-7-13-23(20)33-17-24(29)27-15-14-18-8-2-5-11-21(18)27/h2-13H,14-17H2,1H3. The molecule has 1 heterocycles. The molecular weight excluding hydrogens is 438 g/mol. The van der Waals surface area contributed by atoms with Crippen LogP contribution in [0.25, 0.3) is 0 Å². The molecule has 4 rings (SSSR count). The lowest BCUT2D eigenvalue weighted by Gasteiger charge is -2.20. The third-order valence-corrected chi connectivity index (χ3v) is 6.66. The first kappa shape index (κ1) is 22.5. The predicted octanol–water partition coefficient (Wildman–Crippen LogP) is 4.55. The number of thioether (sulfide) groups is 1. The van der Waals surface area contributed by atoms with Gasteiger partial charge in [0.05, 0.1) is 22.8 Å². The minimum atomic E-state index is -0.445. The van der Waals surface area contributed by atoms with Gasteiger partial charge in [-0.05, 0) is 30.2 Å². The van der Waals surface area contributed by atoms with Gasteiger partial charge in [0.25, 0.3) is 11.6 Å². The Labute approximate surface area is 196 Å². The third-order valence-electron chi connectivity index (χ3n) is 5.60. The first-order valence-electron chi connectivity index (χ1n) is 10.5. The van der Waals surface area contributed by atoms with Crippen molar-refractivity contribution >= 4 is 35.0 Å². The monoisotopic (exact) mass is 461 g/mol. The Morgan fingerprint density at radius 2 is 1.73 bits per heavy atom. The quantitative estimate of drug-likeness (QED) is 0.293. The van der Waals surface area contributed by atoms with Crippen molar-refractivity contribution in [3.8, 4) is 0 Å². The number of hydrogen-bond acceptors (Lipinski definition) is 5. The van der Waals surface area contributed by atoms with Crippen molar-refractivity contribution in [3.05, 3.63) is 99.6 Å². The van der Waals surface area contributed by atoms with Crippen molar-refractivity contribution in [2.24, 2.45) is 0 Å². The number of nitro benzene ring substituents is 1. The fourth-order valence-electron chi connectivity index (χ4n) is 3.94. The molecule has 33 heavy (non-hydrogen) atoms. The van der Waals surface area contributed by atoms with Gasteiger partial charge in [0, 0.05) is 35.8 Å². The lowest BCUT2D eigenvalue weighted by atomic mass is 10.1. The van der Waals surface area contributed by atoms with Crippen LogP contribution in [0.5, 0.6) is 0 Å². The second kappa shape index (κ2) is 9.87. The summed E-state index contributed by atoms with van der Waals surface area (Å²) in [5.74, 6) is -0.0392. The van der Waals surface area contributed by atoms with E-state index in [4.69, 9.17) is 0 Å². The Hall–Kier alpha value is -3.65. The molecule has 0 saturated heterocycles. The summed E-state index contributed by atoms with van der Waals surface area (Å²) in [5.41, 5.74) is 3.04. The van der Waals surface area contributed by atoms with E-state index in [1.165, 1.54) is 28.3 Å². The van der Waals surface area contributed by atoms with Crippen LogP contribution in [0, 0.1) is 10.1 Å². The summed E-state index contributed by atoms with van der Waals surface area (Å²) < 4.78 is 0. The number of fused-ring (bicyclic) bond motifs is 1. The zero-order chi connectivity index (χ0) is 23.4. The number of amides is 2. The summed E-state index contributed by atoms with van der Waals surface area (Å²) in [5, 5.41) is 11.3. The van der Waals surface area contributed by atoms with Crippen molar-refractivity contribution in [2.45, 2.75) is 17.9 Å². The molecular formula is C25H23N3O4S. The van der Waals surface area contributed by atoms with Gasteiger partial charge in [-0.1, -0.05) is 48.5 Å². The summed E-state index contributed by atoms with van der Waals surface area (Å²) in [7, 11) is 1.62. The van der Waals surface area contributed by atoms with E-state index in [2.05, 4.69) is 0 Å². The van der Waals surface area contributed by atoms with Crippen LogP contribution in [0.15, 0.2) is 77.7 Å². The molecule has 7 nitrogen and oxygen atoms in total. The molecule has 168 valence electrons. The molecule has 0 spiro atoms. The van der Waals surface area contributed by atoms with E-state index in [-0.39, 0.29) is 29.8 Å². The fraction of sp³-hybridized carbons (Fsp3) is 0.200. The van der Waals surface area contributed by atoms with Crippen LogP contribution >= 0.6 is 11.8 Å². The second-order valence-corrected chi connectivity index (χ2v) is 8.77. The van der Waals surface area contributed by atoms with Crippen LogP contribution in [0.3, 0.4) is 0 Å². The number of anilines is 1. The highest BCUT2D eigenvalue weighted by Gasteiger charge is 2.25.